The van der Waals surface area contributed by atoms with Gasteiger partial charge < -0.3 is 4.74 Å². The maximum atomic E-state index is 12.9. The Labute approximate surface area is 139 Å². The highest BCUT2D eigenvalue weighted by molar-refractivity contribution is 6.35. The highest BCUT2D eigenvalue weighted by Gasteiger charge is 2.36. The van der Waals surface area contributed by atoms with Crippen molar-refractivity contribution in [1.82, 2.24) is 0 Å². The lowest BCUT2D eigenvalue weighted by Gasteiger charge is -2.20. The minimum Gasteiger partial charge on any atom is -0.462 e. The monoisotopic (exact) mass is 320 g/mol. The number of rotatable bonds is 4. The van der Waals surface area contributed by atoms with Crippen molar-refractivity contribution in [3.63, 3.8) is 0 Å². The third kappa shape index (κ3) is 2.78. The van der Waals surface area contributed by atoms with Crippen LogP contribution >= 0.6 is 0 Å². The van der Waals surface area contributed by atoms with Gasteiger partial charge in [0.1, 0.15) is 5.57 Å². The number of benzene rings is 2. The molecule has 120 valence electrons. The molecule has 4 nitrogen and oxygen atoms in total. The summed E-state index contributed by atoms with van der Waals surface area (Å²) < 4.78 is 5.01. The number of ether oxygens (including phenoxy) is 1. The maximum Gasteiger partial charge on any atom is 0.342 e. The molecule has 0 aliphatic heterocycles. The van der Waals surface area contributed by atoms with Gasteiger partial charge in [0.25, 0.3) is 0 Å². The Morgan fingerprint density at radius 2 is 1.46 bits per heavy atom. The van der Waals surface area contributed by atoms with Crippen molar-refractivity contribution < 1.29 is 19.1 Å². The molecular weight excluding hydrogens is 304 g/mol. The van der Waals surface area contributed by atoms with Crippen LogP contribution in [0.4, 0.5) is 0 Å². The van der Waals surface area contributed by atoms with E-state index in [1.807, 2.05) is 30.3 Å². The zero-order chi connectivity index (χ0) is 17.1. The first-order valence-electron chi connectivity index (χ1n) is 7.76. The molecule has 0 aromatic heterocycles. The van der Waals surface area contributed by atoms with Gasteiger partial charge in [-0.15, -0.1) is 0 Å². The Balaban J connectivity index is 2.14. The van der Waals surface area contributed by atoms with Gasteiger partial charge in [-0.1, -0.05) is 54.6 Å². The van der Waals surface area contributed by atoms with Crippen molar-refractivity contribution in [2.75, 3.05) is 6.61 Å². The van der Waals surface area contributed by atoms with E-state index in [2.05, 4.69) is 0 Å². The summed E-state index contributed by atoms with van der Waals surface area (Å²) in [6, 6.07) is 15.8. The van der Waals surface area contributed by atoms with Crippen LogP contribution in [0.1, 0.15) is 33.2 Å². The summed E-state index contributed by atoms with van der Waals surface area (Å²) in [6.45, 7) is 1.81. The normalized spacial score (nSPS) is 13.7. The van der Waals surface area contributed by atoms with Crippen molar-refractivity contribution in [3.05, 3.63) is 82.4 Å². The molecule has 0 saturated carbocycles. The van der Waals surface area contributed by atoms with Gasteiger partial charge in [0.05, 0.1) is 6.61 Å². The lowest BCUT2D eigenvalue weighted by Crippen LogP contribution is -2.28. The SMILES string of the molecule is CCOC(=O)C1=C(Cc2ccccc2)C(=O)c2ccccc2C1=O. The number of fused-ring (bicyclic) bond motifs is 1. The van der Waals surface area contributed by atoms with Gasteiger partial charge in [0, 0.05) is 23.1 Å². The number of hydrogen-bond donors (Lipinski definition) is 0. The summed E-state index contributed by atoms with van der Waals surface area (Å²) in [5.74, 6) is -1.48. The average molecular weight is 320 g/mol. The molecule has 2 aromatic carbocycles. The summed E-state index contributed by atoms with van der Waals surface area (Å²) in [7, 11) is 0. The van der Waals surface area contributed by atoms with Crippen LogP contribution in [0, 0.1) is 0 Å². The summed E-state index contributed by atoms with van der Waals surface area (Å²) in [5, 5.41) is 0. The van der Waals surface area contributed by atoms with E-state index in [1.54, 1.807) is 31.2 Å². The third-order valence-electron chi connectivity index (χ3n) is 3.92. The van der Waals surface area contributed by atoms with Crippen molar-refractivity contribution in [1.29, 1.82) is 0 Å². The number of hydrogen-bond acceptors (Lipinski definition) is 4. The highest BCUT2D eigenvalue weighted by Crippen LogP contribution is 2.29. The minimum atomic E-state index is -0.740. The maximum absolute atomic E-state index is 12.9. The molecular formula is C20H16O4. The molecule has 0 unspecified atom stereocenters. The Kier molecular flexibility index (Phi) is 4.38. The summed E-state index contributed by atoms with van der Waals surface area (Å²) in [6.07, 6.45) is 0.216. The topological polar surface area (TPSA) is 60.4 Å². The third-order valence-corrected chi connectivity index (χ3v) is 3.92. The van der Waals surface area contributed by atoms with Gasteiger partial charge in [-0.2, -0.15) is 0 Å². The molecule has 0 heterocycles. The molecule has 1 aliphatic rings. The number of esters is 1. The van der Waals surface area contributed by atoms with Crippen LogP contribution in [0.15, 0.2) is 65.7 Å². The lowest BCUT2D eigenvalue weighted by atomic mass is 9.81. The first-order chi connectivity index (χ1) is 11.6. The smallest absolute Gasteiger partial charge is 0.342 e. The van der Waals surface area contributed by atoms with Crippen molar-refractivity contribution in [3.8, 4) is 0 Å². The van der Waals surface area contributed by atoms with Crippen LogP contribution in [0.2, 0.25) is 0 Å². The van der Waals surface area contributed by atoms with Crippen molar-refractivity contribution in [2.45, 2.75) is 13.3 Å². The van der Waals surface area contributed by atoms with E-state index in [9.17, 15) is 14.4 Å². The molecule has 2 aromatic rings. The van der Waals surface area contributed by atoms with Crippen molar-refractivity contribution >= 4 is 17.5 Å². The molecule has 0 atom stereocenters. The fraction of sp³-hybridized carbons (Fsp3) is 0.150. The Morgan fingerprint density at radius 1 is 0.875 bits per heavy atom. The minimum absolute atomic E-state index is 0.143. The van der Waals surface area contributed by atoms with E-state index in [1.165, 1.54) is 0 Å². The average Bonchev–Trinajstić information content (AvgIpc) is 2.60. The number of allylic oxidation sites excluding steroid dienone is 1. The van der Waals surface area contributed by atoms with Gasteiger partial charge in [0.15, 0.2) is 5.78 Å². The Hall–Kier alpha value is -3.01. The molecule has 4 heteroatoms. The zero-order valence-corrected chi connectivity index (χ0v) is 13.2. The van der Waals surface area contributed by atoms with E-state index in [4.69, 9.17) is 4.74 Å². The molecule has 0 saturated heterocycles. The van der Waals surface area contributed by atoms with E-state index < -0.39 is 11.8 Å². The molecule has 0 radical (unpaired) electrons. The predicted molar refractivity (Wildman–Crippen MR) is 88.9 cm³/mol. The standard InChI is InChI=1S/C20H16O4/c1-2-24-20(23)17-16(12-13-8-4-3-5-9-13)18(21)14-10-6-7-11-15(14)19(17)22/h3-11H,2,12H2,1H3. The Bertz CT molecular complexity index is 847. The number of ketones is 2. The second-order valence-corrected chi connectivity index (χ2v) is 5.44. The van der Waals surface area contributed by atoms with Gasteiger partial charge in [-0.05, 0) is 12.5 Å². The highest BCUT2D eigenvalue weighted by atomic mass is 16.5. The lowest BCUT2D eigenvalue weighted by molar-refractivity contribution is -0.138. The molecule has 3 rings (SSSR count). The molecule has 0 N–H and O–H groups in total. The second kappa shape index (κ2) is 6.62. The molecule has 24 heavy (non-hydrogen) atoms. The van der Waals surface area contributed by atoms with Crippen LogP contribution < -0.4 is 0 Å². The van der Waals surface area contributed by atoms with Crippen LogP contribution in [-0.4, -0.2) is 24.1 Å². The first-order valence-corrected chi connectivity index (χ1v) is 7.76. The van der Waals surface area contributed by atoms with Crippen LogP contribution in [0.5, 0.6) is 0 Å². The summed E-state index contributed by atoms with van der Waals surface area (Å²) in [4.78, 5) is 37.9. The quantitative estimate of drug-likeness (QED) is 0.641. The fourth-order valence-corrected chi connectivity index (χ4v) is 2.81. The van der Waals surface area contributed by atoms with E-state index in [0.717, 1.165) is 5.56 Å². The van der Waals surface area contributed by atoms with Gasteiger partial charge >= 0.3 is 5.97 Å². The Morgan fingerprint density at radius 3 is 2.08 bits per heavy atom. The molecule has 1 aliphatic carbocycles. The number of carbonyl (C=O) groups excluding carboxylic acids is 3. The molecule has 0 spiro atoms. The second-order valence-electron chi connectivity index (χ2n) is 5.44. The number of carbonyl (C=O) groups is 3. The van der Waals surface area contributed by atoms with Crippen LogP contribution in [-0.2, 0) is 16.0 Å². The van der Waals surface area contributed by atoms with Gasteiger partial charge in [-0.25, -0.2) is 4.79 Å². The molecule has 0 amide bonds. The predicted octanol–water partition coefficient (Wildman–Crippen LogP) is 3.17. The largest absolute Gasteiger partial charge is 0.462 e. The van der Waals surface area contributed by atoms with E-state index in [-0.39, 0.29) is 35.5 Å². The van der Waals surface area contributed by atoms with Crippen LogP contribution in [0.25, 0.3) is 0 Å². The van der Waals surface area contributed by atoms with Crippen molar-refractivity contribution in [2.24, 2.45) is 0 Å². The first kappa shape index (κ1) is 15.9. The molecule has 0 bridgehead atoms. The fourth-order valence-electron chi connectivity index (χ4n) is 2.81. The van der Waals surface area contributed by atoms with E-state index in [0.29, 0.717) is 5.56 Å². The van der Waals surface area contributed by atoms with E-state index >= 15 is 0 Å². The van der Waals surface area contributed by atoms with Gasteiger partial charge in [0.2, 0.25) is 5.78 Å². The summed E-state index contributed by atoms with van der Waals surface area (Å²) >= 11 is 0. The molecule has 0 fully saturated rings. The zero-order valence-electron chi connectivity index (χ0n) is 13.2. The number of Topliss-reactive ketones (excluding diaryl/α,β-unsaturated/α-hetero) is 2. The van der Waals surface area contributed by atoms with Gasteiger partial charge in [-0.3, -0.25) is 9.59 Å². The summed E-state index contributed by atoms with van der Waals surface area (Å²) in [5.41, 5.74) is 1.49. The van der Waals surface area contributed by atoms with Crippen LogP contribution in [0.3, 0.4) is 0 Å².